The second-order valence-corrected chi connectivity index (χ2v) is 7.03. The first kappa shape index (κ1) is 20.7. The van der Waals surface area contributed by atoms with Crippen LogP contribution in [-0.4, -0.2) is 22.1 Å². The van der Waals surface area contributed by atoms with Crippen molar-refractivity contribution in [1.29, 1.82) is 0 Å². The third kappa shape index (κ3) is 7.48. The molecule has 24 heavy (non-hydrogen) atoms. The number of aliphatic hydroxyl groups is 1. The first-order valence-corrected chi connectivity index (χ1v) is 9.55. The quantitative estimate of drug-likeness (QED) is 0.225. The summed E-state index contributed by atoms with van der Waals surface area (Å²) >= 11 is 0. The topological polar surface area (TPSA) is 52.8 Å². The Hall–Kier alpha value is -1.35. The van der Waals surface area contributed by atoms with E-state index in [0.29, 0.717) is 5.92 Å². The van der Waals surface area contributed by atoms with Crippen molar-refractivity contribution < 1.29 is 10.3 Å². The fraction of sp³-hybridized carbons (Fsp3) is 0.667. The minimum atomic E-state index is -0.272. The van der Waals surface area contributed by atoms with Crippen LogP contribution in [0.2, 0.25) is 0 Å². The maximum absolute atomic E-state index is 9.66. The van der Waals surface area contributed by atoms with Gasteiger partial charge >= 0.3 is 0 Å². The summed E-state index contributed by atoms with van der Waals surface area (Å²) < 4.78 is 0. The van der Waals surface area contributed by atoms with Crippen LogP contribution in [0.25, 0.3) is 0 Å². The lowest BCUT2D eigenvalue weighted by molar-refractivity contribution is 0.167. The van der Waals surface area contributed by atoms with Crippen LogP contribution in [0.5, 0.6) is 0 Å². The monoisotopic (exact) mass is 333 g/mol. The van der Waals surface area contributed by atoms with Gasteiger partial charge in [-0.05, 0) is 37.7 Å². The molecule has 0 saturated carbocycles. The van der Waals surface area contributed by atoms with Crippen molar-refractivity contribution >= 4 is 5.71 Å². The summed E-state index contributed by atoms with van der Waals surface area (Å²) in [4.78, 5) is 0. The number of benzene rings is 1. The molecule has 1 rings (SSSR count). The molecule has 3 atom stereocenters. The van der Waals surface area contributed by atoms with Crippen LogP contribution < -0.4 is 0 Å². The van der Waals surface area contributed by atoms with Crippen molar-refractivity contribution in [2.24, 2.45) is 17.0 Å². The van der Waals surface area contributed by atoms with E-state index in [0.717, 1.165) is 30.5 Å². The molecule has 136 valence electrons. The molecule has 3 heteroatoms. The predicted molar refractivity (Wildman–Crippen MR) is 102 cm³/mol. The van der Waals surface area contributed by atoms with E-state index in [4.69, 9.17) is 0 Å². The van der Waals surface area contributed by atoms with E-state index in [1.165, 1.54) is 32.1 Å². The van der Waals surface area contributed by atoms with Crippen molar-refractivity contribution in [1.82, 2.24) is 0 Å². The van der Waals surface area contributed by atoms with Gasteiger partial charge in [0.25, 0.3) is 0 Å². The van der Waals surface area contributed by atoms with Gasteiger partial charge < -0.3 is 10.3 Å². The van der Waals surface area contributed by atoms with Crippen molar-refractivity contribution in [3.05, 3.63) is 35.9 Å². The van der Waals surface area contributed by atoms with Crippen LogP contribution in [0.3, 0.4) is 0 Å². The number of unbranched alkanes of at least 4 members (excludes halogenated alkanes) is 4. The molecular formula is C21H35NO2. The highest BCUT2D eigenvalue weighted by atomic mass is 16.4. The molecule has 1 aromatic rings. The molecule has 0 bridgehead atoms. The second-order valence-electron chi connectivity index (χ2n) is 7.03. The van der Waals surface area contributed by atoms with Gasteiger partial charge in [-0.2, -0.15) is 0 Å². The molecule has 0 heterocycles. The molecule has 0 radical (unpaired) electrons. The highest BCUT2D eigenvalue weighted by Gasteiger charge is 2.24. The van der Waals surface area contributed by atoms with Gasteiger partial charge in [0.15, 0.2) is 0 Å². The Bertz CT molecular complexity index is 456. The lowest BCUT2D eigenvalue weighted by Crippen LogP contribution is -2.23. The number of hydrogen-bond donors (Lipinski definition) is 2. The standard InChI is InChI=1S/C21H35NO2/c1-4-5-6-7-9-12-19(16-15-17(2)23)18(3)21(22-24)20-13-10-8-11-14-20/h8,10-11,13-14,17-19,23-24H,4-7,9,12,15-16H2,1-3H3. The second kappa shape index (κ2) is 12.1. The van der Waals surface area contributed by atoms with E-state index < -0.39 is 0 Å². The first-order chi connectivity index (χ1) is 11.6. The van der Waals surface area contributed by atoms with Gasteiger partial charge in [-0.25, -0.2) is 0 Å². The van der Waals surface area contributed by atoms with Crippen LogP contribution in [-0.2, 0) is 0 Å². The van der Waals surface area contributed by atoms with E-state index >= 15 is 0 Å². The van der Waals surface area contributed by atoms with Crippen LogP contribution in [0, 0.1) is 11.8 Å². The minimum Gasteiger partial charge on any atom is -0.411 e. The van der Waals surface area contributed by atoms with Gasteiger partial charge in [0.2, 0.25) is 0 Å². The largest absolute Gasteiger partial charge is 0.411 e. The summed E-state index contributed by atoms with van der Waals surface area (Å²) in [5.74, 6) is 0.620. The SMILES string of the molecule is CCCCCCCC(CCC(C)O)C(C)C(=NO)c1ccccc1. The number of oxime groups is 1. The maximum Gasteiger partial charge on any atom is 0.0898 e. The highest BCUT2D eigenvalue weighted by Crippen LogP contribution is 2.28. The summed E-state index contributed by atoms with van der Waals surface area (Å²) in [6.45, 7) is 6.24. The van der Waals surface area contributed by atoms with Gasteiger partial charge in [-0.15, -0.1) is 0 Å². The van der Waals surface area contributed by atoms with Crippen LogP contribution in [0.15, 0.2) is 35.5 Å². The van der Waals surface area contributed by atoms with Crippen LogP contribution >= 0.6 is 0 Å². The molecular weight excluding hydrogens is 298 g/mol. The normalized spacial score (nSPS) is 15.9. The van der Waals surface area contributed by atoms with Crippen molar-refractivity contribution in [3.8, 4) is 0 Å². The Morgan fingerprint density at radius 1 is 0.958 bits per heavy atom. The first-order valence-electron chi connectivity index (χ1n) is 9.55. The lowest BCUT2D eigenvalue weighted by atomic mass is 9.80. The molecule has 0 amide bonds. The van der Waals surface area contributed by atoms with Crippen LogP contribution in [0.1, 0.15) is 77.7 Å². The molecule has 3 unspecified atom stereocenters. The summed E-state index contributed by atoms with van der Waals surface area (Å²) in [6.07, 6.45) is 8.97. The van der Waals surface area contributed by atoms with Gasteiger partial charge in [0, 0.05) is 5.92 Å². The molecule has 2 N–H and O–H groups in total. The third-order valence-corrected chi connectivity index (χ3v) is 4.95. The fourth-order valence-electron chi connectivity index (χ4n) is 3.35. The molecule has 0 aromatic heterocycles. The molecule has 3 nitrogen and oxygen atoms in total. The van der Waals surface area contributed by atoms with E-state index in [1.54, 1.807) is 0 Å². The van der Waals surface area contributed by atoms with Gasteiger partial charge in [0.05, 0.1) is 11.8 Å². The Balaban J connectivity index is 2.71. The van der Waals surface area contributed by atoms with Gasteiger partial charge in [-0.3, -0.25) is 0 Å². The van der Waals surface area contributed by atoms with Gasteiger partial charge in [-0.1, -0.05) is 81.4 Å². The molecule has 0 spiro atoms. The summed E-state index contributed by atoms with van der Waals surface area (Å²) in [5.41, 5.74) is 1.75. The number of aliphatic hydroxyl groups excluding tert-OH is 1. The molecule has 0 saturated heterocycles. The van der Waals surface area contributed by atoms with E-state index in [-0.39, 0.29) is 12.0 Å². The number of nitrogens with zero attached hydrogens (tertiary/aromatic N) is 1. The maximum atomic E-state index is 9.66. The average molecular weight is 334 g/mol. The van der Waals surface area contributed by atoms with E-state index in [9.17, 15) is 10.3 Å². The summed E-state index contributed by atoms with van der Waals surface area (Å²) in [5, 5.41) is 22.8. The number of rotatable bonds is 12. The molecule has 0 aliphatic heterocycles. The third-order valence-electron chi connectivity index (χ3n) is 4.95. The molecule has 0 aliphatic carbocycles. The minimum absolute atomic E-state index is 0.183. The van der Waals surface area contributed by atoms with Crippen molar-refractivity contribution in [2.45, 2.75) is 78.2 Å². The molecule has 0 aliphatic rings. The van der Waals surface area contributed by atoms with E-state index in [1.807, 2.05) is 37.3 Å². The summed E-state index contributed by atoms with van der Waals surface area (Å²) in [7, 11) is 0. The van der Waals surface area contributed by atoms with Crippen LogP contribution in [0.4, 0.5) is 0 Å². The van der Waals surface area contributed by atoms with Crippen molar-refractivity contribution in [3.63, 3.8) is 0 Å². The Morgan fingerprint density at radius 2 is 1.62 bits per heavy atom. The average Bonchev–Trinajstić information content (AvgIpc) is 2.58. The highest BCUT2D eigenvalue weighted by molar-refractivity contribution is 6.01. The summed E-state index contributed by atoms with van der Waals surface area (Å²) in [6, 6.07) is 9.92. The predicted octanol–water partition coefficient (Wildman–Crippen LogP) is 5.64. The Morgan fingerprint density at radius 3 is 2.21 bits per heavy atom. The fourth-order valence-corrected chi connectivity index (χ4v) is 3.35. The zero-order chi connectivity index (χ0) is 17.8. The van der Waals surface area contributed by atoms with Gasteiger partial charge in [0.1, 0.15) is 0 Å². The zero-order valence-corrected chi connectivity index (χ0v) is 15.6. The Labute approximate surface area is 147 Å². The smallest absolute Gasteiger partial charge is 0.0898 e. The number of hydrogen-bond acceptors (Lipinski definition) is 3. The van der Waals surface area contributed by atoms with Crippen molar-refractivity contribution in [2.75, 3.05) is 0 Å². The molecule has 1 aromatic carbocycles. The molecule has 0 fully saturated rings. The zero-order valence-electron chi connectivity index (χ0n) is 15.6. The van der Waals surface area contributed by atoms with E-state index in [2.05, 4.69) is 19.0 Å². The Kier molecular flexibility index (Phi) is 10.4. The lowest BCUT2D eigenvalue weighted by Gasteiger charge is -2.25.